The number of carbonyl (C=O) groups is 1. The van der Waals surface area contributed by atoms with Crippen LogP contribution in [0.3, 0.4) is 0 Å². The number of phenolic OH excluding ortho intramolecular Hbond substituents is 1. The number of aromatic nitrogens is 1. The van der Waals surface area contributed by atoms with Crippen molar-refractivity contribution in [2.75, 3.05) is 0 Å². The quantitative estimate of drug-likeness (QED) is 0.737. The summed E-state index contributed by atoms with van der Waals surface area (Å²) in [4.78, 5) is 19.0. The molecule has 1 amide bonds. The largest absolute Gasteiger partial charge is 0.508 e. The fourth-order valence-corrected chi connectivity index (χ4v) is 3.32. The maximum atomic E-state index is 13.1. The first kappa shape index (κ1) is 16.4. The van der Waals surface area contributed by atoms with Crippen LogP contribution < -0.4 is 0 Å². The van der Waals surface area contributed by atoms with Crippen LogP contribution in [0.4, 0.5) is 0 Å². The number of rotatable bonds is 6. The fraction of sp³-hybridized carbons (Fsp3) is 0.238. The number of aromatic hydroxyl groups is 1. The molecule has 4 rings (SSSR count). The molecule has 132 valence electrons. The molecule has 0 aliphatic heterocycles. The lowest BCUT2D eigenvalue weighted by Crippen LogP contribution is -2.31. The van der Waals surface area contributed by atoms with Gasteiger partial charge in [0.1, 0.15) is 11.5 Å². The molecule has 2 aromatic heterocycles. The fourth-order valence-electron chi connectivity index (χ4n) is 3.32. The SMILES string of the molecule is O=C([C@H]1C[C@@H]1c1cccnc1)N(Cc1ccco1)Cc1ccccc1O. The third-order valence-corrected chi connectivity index (χ3v) is 4.81. The summed E-state index contributed by atoms with van der Waals surface area (Å²) in [6.07, 6.45) is 6.01. The number of phenols is 1. The Morgan fingerprint density at radius 1 is 1.15 bits per heavy atom. The van der Waals surface area contributed by atoms with Crippen molar-refractivity contribution >= 4 is 5.91 Å². The van der Waals surface area contributed by atoms with Crippen LogP contribution in [0.5, 0.6) is 5.75 Å². The second-order valence-corrected chi connectivity index (χ2v) is 6.64. The normalized spacial score (nSPS) is 18.5. The van der Waals surface area contributed by atoms with Gasteiger partial charge in [-0.1, -0.05) is 24.3 Å². The van der Waals surface area contributed by atoms with E-state index in [4.69, 9.17) is 4.42 Å². The van der Waals surface area contributed by atoms with Crippen LogP contribution in [-0.4, -0.2) is 20.9 Å². The van der Waals surface area contributed by atoms with E-state index in [0.29, 0.717) is 13.1 Å². The lowest BCUT2D eigenvalue weighted by molar-refractivity contribution is -0.134. The molecule has 1 fully saturated rings. The molecule has 0 spiro atoms. The molecular formula is C21H20N2O3. The van der Waals surface area contributed by atoms with E-state index in [0.717, 1.165) is 23.3 Å². The van der Waals surface area contributed by atoms with Crippen molar-refractivity contribution in [2.45, 2.75) is 25.4 Å². The predicted molar refractivity (Wildman–Crippen MR) is 96.2 cm³/mol. The number of hydrogen-bond acceptors (Lipinski definition) is 4. The first-order valence-corrected chi connectivity index (χ1v) is 8.70. The number of furan rings is 1. The highest BCUT2D eigenvalue weighted by atomic mass is 16.3. The highest BCUT2D eigenvalue weighted by Gasteiger charge is 2.46. The summed E-state index contributed by atoms with van der Waals surface area (Å²) in [6, 6.07) is 14.7. The van der Waals surface area contributed by atoms with Crippen molar-refractivity contribution < 1.29 is 14.3 Å². The Hall–Kier alpha value is -3.08. The van der Waals surface area contributed by atoms with Gasteiger partial charge in [-0.3, -0.25) is 9.78 Å². The standard InChI is InChI=1S/C21H20N2O3/c24-20-8-2-1-5-16(20)13-23(14-17-7-4-10-26-17)21(25)19-11-18(19)15-6-3-9-22-12-15/h1-10,12,18-19,24H,11,13-14H2/t18-,19+/m1/s1. The van der Waals surface area contributed by atoms with Gasteiger partial charge >= 0.3 is 0 Å². The van der Waals surface area contributed by atoms with Gasteiger partial charge in [-0.2, -0.15) is 0 Å². The number of hydrogen-bond donors (Lipinski definition) is 1. The second kappa shape index (κ2) is 7.04. The maximum Gasteiger partial charge on any atom is 0.227 e. The van der Waals surface area contributed by atoms with Gasteiger partial charge < -0.3 is 14.4 Å². The van der Waals surface area contributed by atoms with Crippen LogP contribution in [0, 0.1) is 5.92 Å². The molecule has 2 atom stereocenters. The van der Waals surface area contributed by atoms with E-state index < -0.39 is 0 Å². The Balaban J connectivity index is 1.53. The van der Waals surface area contributed by atoms with Crippen molar-refractivity contribution in [1.29, 1.82) is 0 Å². The molecule has 5 heteroatoms. The smallest absolute Gasteiger partial charge is 0.227 e. The average Bonchev–Trinajstić information content (AvgIpc) is 3.31. The average molecular weight is 348 g/mol. The van der Waals surface area contributed by atoms with Crippen LogP contribution in [0.25, 0.3) is 0 Å². The van der Waals surface area contributed by atoms with Gasteiger partial charge in [0.2, 0.25) is 5.91 Å². The van der Waals surface area contributed by atoms with Crippen molar-refractivity contribution in [3.05, 3.63) is 84.1 Å². The molecule has 0 unspecified atom stereocenters. The molecule has 1 aliphatic rings. The molecule has 1 N–H and O–H groups in total. The molecule has 3 aromatic rings. The van der Waals surface area contributed by atoms with Gasteiger partial charge in [-0.15, -0.1) is 0 Å². The molecule has 1 aromatic carbocycles. The van der Waals surface area contributed by atoms with Crippen LogP contribution in [0.1, 0.15) is 29.2 Å². The Morgan fingerprint density at radius 2 is 2.04 bits per heavy atom. The Labute approximate surface area is 151 Å². The molecule has 1 saturated carbocycles. The summed E-state index contributed by atoms with van der Waals surface area (Å²) in [6.45, 7) is 0.735. The number of carbonyl (C=O) groups excluding carboxylic acids is 1. The Bertz CT molecular complexity index is 877. The van der Waals surface area contributed by atoms with Crippen molar-refractivity contribution in [3.63, 3.8) is 0 Å². The topological polar surface area (TPSA) is 66.6 Å². The van der Waals surface area contributed by atoms with Gasteiger partial charge in [0.25, 0.3) is 0 Å². The van der Waals surface area contributed by atoms with Gasteiger partial charge in [0.05, 0.1) is 12.8 Å². The monoisotopic (exact) mass is 348 g/mol. The molecular weight excluding hydrogens is 328 g/mol. The maximum absolute atomic E-state index is 13.1. The lowest BCUT2D eigenvalue weighted by atomic mass is 10.1. The van der Waals surface area contributed by atoms with Crippen molar-refractivity contribution in [3.8, 4) is 5.75 Å². The van der Waals surface area contributed by atoms with E-state index in [1.54, 1.807) is 29.5 Å². The second-order valence-electron chi connectivity index (χ2n) is 6.64. The Morgan fingerprint density at radius 3 is 2.77 bits per heavy atom. The van der Waals surface area contributed by atoms with Crippen LogP contribution in [0.15, 0.2) is 71.6 Å². The Kier molecular flexibility index (Phi) is 4.44. The molecule has 0 bridgehead atoms. The van der Waals surface area contributed by atoms with Gasteiger partial charge in [-0.25, -0.2) is 0 Å². The zero-order valence-electron chi connectivity index (χ0n) is 14.3. The van der Waals surface area contributed by atoms with E-state index in [9.17, 15) is 9.90 Å². The molecule has 2 heterocycles. The summed E-state index contributed by atoms with van der Waals surface area (Å²) in [5.74, 6) is 1.19. The summed E-state index contributed by atoms with van der Waals surface area (Å²) >= 11 is 0. The third kappa shape index (κ3) is 3.47. The summed E-state index contributed by atoms with van der Waals surface area (Å²) in [5, 5.41) is 10.1. The molecule has 1 aliphatic carbocycles. The number of pyridine rings is 1. The summed E-state index contributed by atoms with van der Waals surface area (Å²) in [5.41, 5.74) is 1.83. The number of nitrogens with zero attached hydrogens (tertiary/aromatic N) is 2. The minimum atomic E-state index is -0.0417. The van der Waals surface area contributed by atoms with E-state index in [2.05, 4.69) is 4.98 Å². The third-order valence-electron chi connectivity index (χ3n) is 4.81. The molecule has 26 heavy (non-hydrogen) atoms. The number of benzene rings is 1. The molecule has 0 radical (unpaired) electrons. The zero-order chi connectivity index (χ0) is 17.9. The summed E-state index contributed by atoms with van der Waals surface area (Å²) in [7, 11) is 0. The number of para-hydroxylation sites is 1. The van der Waals surface area contributed by atoms with Crippen molar-refractivity contribution in [1.82, 2.24) is 9.88 Å². The zero-order valence-corrected chi connectivity index (χ0v) is 14.3. The first-order chi connectivity index (χ1) is 12.7. The highest BCUT2D eigenvalue weighted by molar-refractivity contribution is 5.83. The lowest BCUT2D eigenvalue weighted by Gasteiger charge is -2.22. The van der Waals surface area contributed by atoms with Crippen molar-refractivity contribution in [2.24, 2.45) is 5.92 Å². The van der Waals surface area contributed by atoms with Crippen LogP contribution in [-0.2, 0) is 17.9 Å². The van der Waals surface area contributed by atoms with E-state index in [1.165, 1.54) is 0 Å². The van der Waals surface area contributed by atoms with Gasteiger partial charge in [0, 0.05) is 30.4 Å². The van der Waals surface area contributed by atoms with E-state index >= 15 is 0 Å². The van der Waals surface area contributed by atoms with Crippen LogP contribution >= 0.6 is 0 Å². The van der Waals surface area contributed by atoms with Gasteiger partial charge in [-0.05, 0) is 42.2 Å². The predicted octanol–water partition coefficient (Wildman–Crippen LogP) is 3.71. The molecule has 0 saturated heterocycles. The number of amides is 1. The van der Waals surface area contributed by atoms with E-state index in [1.807, 2.05) is 42.6 Å². The van der Waals surface area contributed by atoms with Crippen LogP contribution in [0.2, 0.25) is 0 Å². The minimum Gasteiger partial charge on any atom is -0.508 e. The first-order valence-electron chi connectivity index (χ1n) is 8.70. The highest BCUT2D eigenvalue weighted by Crippen LogP contribution is 2.48. The summed E-state index contributed by atoms with van der Waals surface area (Å²) < 4.78 is 5.43. The van der Waals surface area contributed by atoms with E-state index in [-0.39, 0.29) is 23.5 Å². The van der Waals surface area contributed by atoms with Gasteiger partial charge in [0.15, 0.2) is 0 Å². The minimum absolute atomic E-state index is 0.0417. The molecule has 5 nitrogen and oxygen atoms in total.